The number of hydrogen-bond donors (Lipinski definition) is 1. The summed E-state index contributed by atoms with van der Waals surface area (Å²) >= 11 is 0. The minimum absolute atomic E-state index is 0.209. The topological polar surface area (TPSA) is 53.9 Å². The van der Waals surface area contributed by atoms with Crippen LogP contribution in [0, 0.1) is 0 Å². The predicted octanol–water partition coefficient (Wildman–Crippen LogP) is 8.67. The molecule has 1 aliphatic rings. The summed E-state index contributed by atoms with van der Waals surface area (Å²) in [5, 5.41) is 3.62. The zero-order chi connectivity index (χ0) is 29.9. The smallest absolute Gasteiger partial charge is 0.340 e. The van der Waals surface area contributed by atoms with E-state index >= 15 is 0 Å². The summed E-state index contributed by atoms with van der Waals surface area (Å²) in [6, 6.07) is 12.0. The van der Waals surface area contributed by atoms with Gasteiger partial charge in [0.25, 0.3) is 0 Å². The average Bonchev–Trinajstić information content (AvgIpc) is 2.97. The van der Waals surface area contributed by atoms with Gasteiger partial charge < -0.3 is 10.2 Å². The Balaban J connectivity index is 1.52. The molecule has 5 nitrogen and oxygen atoms in total. The number of nitrogens with zero attached hydrogens (tertiary/aromatic N) is 4. The van der Waals surface area contributed by atoms with Gasteiger partial charge in [0.2, 0.25) is 0 Å². The molecule has 2 aromatic heterocycles. The van der Waals surface area contributed by atoms with Crippen LogP contribution in [0.3, 0.4) is 0 Å². The Hall–Kier alpha value is -3.73. The van der Waals surface area contributed by atoms with Crippen LogP contribution in [0.15, 0.2) is 60.8 Å². The Kier molecular flexibility index (Phi) is 8.68. The number of fused-ring (bicyclic) bond motifs is 1. The van der Waals surface area contributed by atoms with Gasteiger partial charge in [-0.3, -0.25) is 4.98 Å². The normalized spacial score (nSPS) is 15.0. The lowest BCUT2D eigenvalue weighted by molar-refractivity contribution is -0.138. The van der Waals surface area contributed by atoms with Crippen LogP contribution in [-0.2, 0) is 18.8 Å². The van der Waals surface area contributed by atoms with Gasteiger partial charge in [-0.05, 0) is 67.9 Å². The molecule has 42 heavy (non-hydrogen) atoms. The van der Waals surface area contributed by atoms with Gasteiger partial charge in [-0.25, -0.2) is 9.97 Å². The number of pyridine rings is 1. The number of alkyl halides is 6. The van der Waals surface area contributed by atoms with Crippen LogP contribution < -0.4 is 5.32 Å². The Morgan fingerprint density at radius 3 is 2.29 bits per heavy atom. The van der Waals surface area contributed by atoms with E-state index < -0.39 is 23.5 Å². The van der Waals surface area contributed by atoms with Gasteiger partial charge in [0.1, 0.15) is 11.6 Å². The van der Waals surface area contributed by atoms with E-state index in [9.17, 15) is 26.3 Å². The van der Waals surface area contributed by atoms with Crippen molar-refractivity contribution in [2.75, 3.05) is 18.4 Å². The van der Waals surface area contributed by atoms with Crippen LogP contribution in [0.2, 0.25) is 0 Å². The molecule has 4 aromatic rings. The zero-order valence-corrected chi connectivity index (χ0v) is 23.1. The largest absolute Gasteiger partial charge is 0.418 e. The molecule has 0 bridgehead atoms. The van der Waals surface area contributed by atoms with E-state index in [1.807, 2.05) is 0 Å². The molecule has 222 valence electrons. The van der Waals surface area contributed by atoms with Crippen molar-refractivity contribution in [1.82, 2.24) is 19.9 Å². The first-order valence-electron chi connectivity index (χ1n) is 14.0. The maximum atomic E-state index is 13.7. The second kappa shape index (κ2) is 12.2. The minimum Gasteiger partial charge on any atom is -0.340 e. The number of benzene rings is 2. The van der Waals surface area contributed by atoms with E-state index in [1.54, 1.807) is 12.1 Å². The third-order valence-corrected chi connectivity index (χ3v) is 7.72. The highest BCUT2D eigenvalue weighted by Gasteiger charge is 2.34. The Labute approximate surface area is 240 Å². The number of hydrogen-bond acceptors (Lipinski definition) is 5. The number of rotatable bonds is 8. The van der Waals surface area contributed by atoms with Gasteiger partial charge in [0.15, 0.2) is 0 Å². The van der Waals surface area contributed by atoms with Crippen LogP contribution in [0.5, 0.6) is 0 Å². The van der Waals surface area contributed by atoms with Gasteiger partial charge in [-0.1, -0.05) is 32.3 Å². The highest BCUT2D eigenvalue weighted by molar-refractivity contribution is 5.93. The number of aromatic nitrogens is 3. The van der Waals surface area contributed by atoms with E-state index in [0.29, 0.717) is 47.2 Å². The molecule has 0 radical (unpaired) electrons. The molecule has 1 N–H and O–H groups in total. The third-order valence-electron chi connectivity index (χ3n) is 7.72. The summed E-state index contributed by atoms with van der Waals surface area (Å²) in [5.41, 5.74) is -0.792. The standard InChI is InChI=1S/C31H31F6N5/c1-2-42(23-7-4-3-5-8-23)18-16-27-40-26-19-20(28-25(31(35,36)37)9-6-17-38-28)10-15-24(26)29(41-27)39-22-13-11-21(12-14-22)30(32,33)34/h6,9-15,17,19,23H,2-5,7-8,16,18H2,1H3,(H,39,40,41). The number of halogens is 6. The van der Waals surface area contributed by atoms with Crippen molar-refractivity contribution < 1.29 is 26.3 Å². The van der Waals surface area contributed by atoms with E-state index in [-0.39, 0.29) is 11.3 Å². The molecule has 0 unspecified atom stereocenters. The predicted molar refractivity (Wildman–Crippen MR) is 150 cm³/mol. The molecular formula is C31H31F6N5. The molecule has 5 rings (SSSR count). The number of likely N-dealkylation sites (N-methyl/N-ethyl adjacent to an activating group) is 1. The van der Waals surface area contributed by atoms with Crippen molar-refractivity contribution in [3.63, 3.8) is 0 Å². The first kappa shape index (κ1) is 29.8. The Morgan fingerprint density at radius 2 is 1.62 bits per heavy atom. The third kappa shape index (κ3) is 6.83. The monoisotopic (exact) mass is 587 g/mol. The average molecular weight is 588 g/mol. The fraction of sp³-hybridized carbons (Fsp3) is 0.387. The lowest BCUT2D eigenvalue weighted by atomic mass is 9.94. The van der Waals surface area contributed by atoms with Crippen LogP contribution >= 0.6 is 0 Å². The van der Waals surface area contributed by atoms with Crippen LogP contribution in [0.4, 0.5) is 37.8 Å². The summed E-state index contributed by atoms with van der Waals surface area (Å²) in [4.78, 5) is 15.8. The maximum Gasteiger partial charge on any atom is 0.418 e. The lowest BCUT2D eigenvalue weighted by Gasteiger charge is -2.33. The molecule has 11 heteroatoms. The summed E-state index contributed by atoms with van der Waals surface area (Å²) in [6.45, 7) is 3.70. The quantitative estimate of drug-likeness (QED) is 0.209. The van der Waals surface area contributed by atoms with E-state index in [1.165, 1.54) is 49.7 Å². The molecule has 2 aromatic carbocycles. The summed E-state index contributed by atoms with van der Waals surface area (Å²) in [6.07, 6.45) is -1.32. The first-order chi connectivity index (χ1) is 20.0. The fourth-order valence-corrected chi connectivity index (χ4v) is 5.56. The van der Waals surface area contributed by atoms with Crippen molar-refractivity contribution in [3.8, 4) is 11.3 Å². The molecule has 0 spiro atoms. The van der Waals surface area contributed by atoms with E-state index in [4.69, 9.17) is 9.97 Å². The second-order valence-corrected chi connectivity index (χ2v) is 10.5. The molecule has 0 aliphatic heterocycles. The summed E-state index contributed by atoms with van der Waals surface area (Å²) in [7, 11) is 0. The van der Waals surface area contributed by atoms with Crippen molar-refractivity contribution >= 4 is 22.4 Å². The highest BCUT2D eigenvalue weighted by atomic mass is 19.4. The van der Waals surface area contributed by atoms with Gasteiger partial charge in [0, 0.05) is 41.8 Å². The second-order valence-electron chi connectivity index (χ2n) is 10.5. The summed E-state index contributed by atoms with van der Waals surface area (Å²) in [5.74, 6) is 0.847. The van der Waals surface area contributed by atoms with E-state index in [0.717, 1.165) is 37.6 Å². The molecule has 1 fully saturated rings. The van der Waals surface area contributed by atoms with Crippen molar-refractivity contribution in [3.05, 3.63) is 77.7 Å². The van der Waals surface area contributed by atoms with Crippen LogP contribution in [0.1, 0.15) is 56.0 Å². The van der Waals surface area contributed by atoms with Crippen molar-refractivity contribution in [1.29, 1.82) is 0 Å². The fourth-order valence-electron chi connectivity index (χ4n) is 5.56. The minimum atomic E-state index is -4.59. The van der Waals surface area contributed by atoms with Gasteiger partial charge in [-0.15, -0.1) is 0 Å². The maximum absolute atomic E-state index is 13.7. The zero-order valence-electron chi connectivity index (χ0n) is 23.1. The summed E-state index contributed by atoms with van der Waals surface area (Å²) < 4.78 is 80.4. The SMILES string of the molecule is CCN(CCc1nc(Nc2ccc(C(F)(F)F)cc2)c2ccc(-c3ncccc3C(F)(F)F)cc2n1)C1CCCCC1. The molecule has 2 heterocycles. The van der Waals surface area contributed by atoms with Gasteiger partial charge in [0.05, 0.1) is 22.3 Å². The van der Waals surface area contributed by atoms with Crippen LogP contribution in [-0.4, -0.2) is 39.0 Å². The Morgan fingerprint density at radius 1 is 0.881 bits per heavy atom. The Bertz CT molecular complexity index is 1510. The molecule has 0 saturated heterocycles. The van der Waals surface area contributed by atoms with E-state index in [2.05, 4.69) is 22.1 Å². The highest BCUT2D eigenvalue weighted by Crippen LogP contribution is 2.37. The molecule has 1 aliphatic carbocycles. The van der Waals surface area contributed by atoms with Crippen LogP contribution in [0.25, 0.3) is 22.2 Å². The van der Waals surface area contributed by atoms with Gasteiger partial charge >= 0.3 is 12.4 Å². The number of anilines is 2. The molecule has 0 atom stereocenters. The molecule has 0 amide bonds. The van der Waals surface area contributed by atoms with Gasteiger partial charge in [-0.2, -0.15) is 26.3 Å². The molecular weight excluding hydrogens is 556 g/mol. The lowest BCUT2D eigenvalue weighted by Crippen LogP contribution is -2.38. The first-order valence-corrected chi connectivity index (χ1v) is 14.0. The number of nitrogens with one attached hydrogen (secondary N) is 1. The van der Waals surface area contributed by atoms with Crippen molar-refractivity contribution in [2.45, 2.75) is 63.8 Å². The molecule has 1 saturated carbocycles. The van der Waals surface area contributed by atoms with Crippen molar-refractivity contribution in [2.24, 2.45) is 0 Å².